The molecule has 2 heterocycles. The van der Waals surface area contributed by atoms with Crippen LogP contribution in [0.1, 0.15) is 24.9 Å². The molecule has 0 saturated carbocycles. The molecule has 0 aliphatic heterocycles. The second-order valence-corrected chi connectivity index (χ2v) is 5.68. The van der Waals surface area contributed by atoms with E-state index in [4.69, 9.17) is 0 Å². The van der Waals surface area contributed by atoms with E-state index in [1.165, 1.54) is 0 Å². The van der Waals surface area contributed by atoms with Gasteiger partial charge >= 0.3 is 0 Å². The summed E-state index contributed by atoms with van der Waals surface area (Å²) in [5.74, 6) is 0.0523. The average molecular weight is 323 g/mol. The van der Waals surface area contributed by atoms with Gasteiger partial charge in [0.1, 0.15) is 6.04 Å². The number of para-hydroxylation sites is 1. The molecule has 0 N–H and O–H groups in total. The van der Waals surface area contributed by atoms with Gasteiger partial charge in [-0.2, -0.15) is 10.2 Å². The Morgan fingerprint density at radius 1 is 1.12 bits per heavy atom. The number of hydrogen-bond acceptors (Lipinski definition) is 3. The quantitative estimate of drug-likeness (QED) is 0.701. The van der Waals surface area contributed by atoms with E-state index in [-0.39, 0.29) is 11.9 Å². The van der Waals surface area contributed by atoms with E-state index in [0.717, 1.165) is 11.3 Å². The maximum atomic E-state index is 12.8. The van der Waals surface area contributed by atoms with Gasteiger partial charge in [0.15, 0.2) is 0 Å². The van der Waals surface area contributed by atoms with Crippen LogP contribution >= 0.6 is 0 Å². The van der Waals surface area contributed by atoms with Crippen molar-refractivity contribution in [2.75, 3.05) is 7.05 Å². The van der Waals surface area contributed by atoms with Gasteiger partial charge in [-0.15, -0.1) is 0 Å². The maximum absolute atomic E-state index is 12.8. The Balaban J connectivity index is 1.80. The number of nitrogens with zero attached hydrogens (tertiary/aromatic N) is 5. The van der Waals surface area contributed by atoms with E-state index in [1.807, 2.05) is 67.4 Å². The fraction of sp³-hybridized carbons (Fsp3) is 0.278. The average Bonchev–Trinajstić information content (AvgIpc) is 3.30. The minimum absolute atomic E-state index is 0.0523. The first-order valence-electron chi connectivity index (χ1n) is 8.02. The molecule has 3 rings (SSSR count). The molecule has 1 atom stereocenters. The van der Waals surface area contributed by atoms with Gasteiger partial charge in [-0.1, -0.05) is 25.1 Å². The molecule has 0 fully saturated rings. The number of hydrogen-bond donors (Lipinski definition) is 0. The predicted octanol–water partition coefficient (Wildman–Crippen LogP) is 2.68. The number of benzene rings is 1. The molecule has 1 amide bonds. The van der Waals surface area contributed by atoms with E-state index in [9.17, 15) is 4.79 Å². The zero-order valence-corrected chi connectivity index (χ0v) is 13.9. The summed E-state index contributed by atoms with van der Waals surface area (Å²) in [6, 6.07) is 11.4. The van der Waals surface area contributed by atoms with Gasteiger partial charge in [-0.05, 0) is 30.2 Å². The first-order valence-corrected chi connectivity index (χ1v) is 8.02. The first kappa shape index (κ1) is 16.0. The van der Waals surface area contributed by atoms with Crippen LogP contribution in [0.5, 0.6) is 0 Å². The summed E-state index contributed by atoms with van der Waals surface area (Å²) >= 11 is 0. The van der Waals surface area contributed by atoms with Gasteiger partial charge < -0.3 is 4.90 Å². The molecule has 0 radical (unpaired) electrons. The Labute approximate surface area is 141 Å². The Morgan fingerprint density at radius 2 is 1.88 bits per heavy atom. The van der Waals surface area contributed by atoms with E-state index < -0.39 is 0 Å². The van der Waals surface area contributed by atoms with Crippen LogP contribution in [0.4, 0.5) is 0 Å². The molecule has 0 spiro atoms. The van der Waals surface area contributed by atoms with Gasteiger partial charge in [-0.25, -0.2) is 4.68 Å². The van der Waals surface area contributed by atoms with Crippen molar-refractivity contribution in [1.82, 2.24) is 24.5 Å². The first-order chi connectivity index (χ1) is 11.7. The van der Waals surface area contributed by atoms with Crippen molar-refractivity contribution in [2.45, 2.75) is 25.9 Å². The van der Waals surface area contributed by atoms with Crippen LogP contribution in [0, 0.1) is 0 Å². The number of likely N-dealkylation sites (N-methyl/N-ethyl adjacent to an activating group) is 1. The highest BCUT2D eigenvalue weighted by Crippen LogP contribution is 2.18. The minimum atomic E-state index is -0.276. The highest BCUT2D eigenvalue weighted by molar-refractivity contribution is 5.80. The van der Waals surface area contributed by atoms with Crippen LogP contribution in [-0.4, -0.2) is 37.4 Å². The number of amides is 1. The molecule has 2 aromatic heterocycles. The lowest BCUT2D eigenvalue weighted by molar-refractivity contribution is -0.134. The summed E-state index contributed by atoms with van der Waals surface area (Å²) in [4.78, 5) is 14.6. The molecule has 6 nitrogen and oxygen atoms in total. The van der Waals surface area contributed by atoms with Crippen molar-refractivity contribution in [3.63, 3.8) is 0 Å². The molecular weight excluding hydrogens is 302 g/mol. The van der Waals surface area contributed by atoms with Gasteiger partial charge in [0.2, 0.25) is 5.91 Å². The fourth-order valence-electron chi connectivity index (χ4n) is 2.81. The summed E-state index contributed by atoms with van der Waals surface area (Å²) < 4.78 is 3.54. The van der Waals surface area contributed by atoms with Gasteiger partial charge in [0, 0.05) is 38.4 Å². The predicted molar refractivity (Wildman–Crippen MR) is 91.6 cm³/mol. The van der Waals surface area contributed by atoms with Crippen molar-refractivity contribution in [3.05, 3.63) is 66.7 Å². The molecule has 0 unspecified atom stereocenters. The van der Waals surface area contributed by atoms with E-state index in [0.29, 0.717) is 13.0 Å². The minimum Gasteiger partial charge on any atom is -0.339 e. The van der Waals surface area contributed by atoms with Crippen molar-refractivity contribution < 1.29 is 4.79 Å². The summed E-state index contributed by atoms with van der Waals surface area (Å²) in [5, 5.41) is 8.50. The van der Waals surface area contributed by atoms with Crippen LogP contribution in [-0.2, 0) is 11.3 Å². The molecule has 124 valence electrons. The molecule has 6 heteroatoms. The topological polar surface area (TPSA) is 56.0 Å². The lowest BCUT2D eigenvalue weighted by Gasteiger charge is -2.24. The Bertz CT molecular complexity index is 780. The smallest absolute Gasteiger partial charge is 0.247 e. The van der Waals surface area contributed by atoms with Gasteiger partial charge in [0.25, 0.3) is 0 Å². The van der Waals surface area contributed by atoms with Crippen molar-refractivity contribution in [3.8, 4) is 5.69 Å². The lowest BCUT2D eigenvalue weighted by Crippen LogP contribution is -2.34. The number of aromatic nitrogens is 4. The summed E-state index contributed by atoms with van der Waals surface area (Å²) in [6.07, 6.45) is 7.88. The third kappa shape index (κ3) is 3.22. The highest BCUT2D eigenvalue weighted by Gasteiger charge is 2.23. The number of carbonyl (C=O) groups excluding carboxylic acids is 1. The Hall–Kier alpha value is -2.89. The Morgan fingerprint density at radius 3 is 2.54 bits per heavy atom. The third-order valence-electron chi connectivity index (χ3n) is 4.04. The third-order valence-corrected chi connectivity index (χ3v) is 4.04. The zero-order valence-electron chi connectivity index (χ0n) is 13.9. The van der Waals surface area contributed by atoms with Crippen LogP contribution in [0.25, 0.3) is 5.69 Å². The molecule has 0 bridgehead atoms. The lowest BCUT2D eigenvalue weighted by atomic mass is 10.1. The number of rotatable bonds is 6. The summed E-state index contributed by atoms with van der Waals surface area (Å²) in [7, 11) is 1.83. The van der Waals surface area contributed by atoms with Crippen molar-refractivity contribution in [1.29, 1.82) is 0 Å². The second kappa shape index (κ2) is 7.12. The Kier molecular flexibility index (Phi) is 4.74. The number of carbonyl (C=O) groups is 1. The SMILES string of the molecule is CC[C@H](C(=O)N(C)Cc1ccccc1-n1cccn1)n1cccn1. The summed E-state index contributed by atoms with van der Waals surface area (Å²) in [5.41, 5.74) is 2.03. The second-order valence-electron chi connectivity index (χ2n) is 5.68. The van der Waals surface area contributed by atoms with Crippen molar-refractivity contribution >= 4 is 5.91 Å². The zero-order chi connectivity index (χ0) is 16.9. The van der Waals surface area contributed by atoms with E-state index in [2.05, 4.69) is 10.2 Å². The van der Waals surface area contributed by atoms with Crippen LogP contribution in [0.2, 0.25) is 0 Å². The highest BCUT2D eigenvalue weighted by atomic mass is 16.2. The normalized spacial score (nSPS) is 12.1. The van der Waals surface area contributed by atoms with E-state index >= 15 is 0 Å². The molecular formula is C18H21N5O. The molecule has 3 aromatic rings. The summed E-state index contributed by atoms with van der Waals surface area (Å²) in [6.45, 7) is 2.52. The molecule has 0 aliphatic rings. The molecule has 0 saturated heterocycles. The fourth-order valence-corrected chi connectivity index (χ4v) is 2.81. The molecule has 0 aliphatic carbocycles. The monoisotopic (exact) mass is 323 g/mol. The van der Waals surface area contributed by atoms with Crippen LogP contribution < -0.4 is 0 Å². The largest absolute Gasteiger partial charge is 0.339 e. The standard InChI is InChI=1S/C18H21N5O/c1-3-16(22-12-6-10-19-22)18(24)21(2)14-15-8-4-5-9-17(15)23-13-7-11-20-23/h4-13,16H,3,14H2,1-2H3/t16-/m1/s1. The van der Waals surface area contributed by atoms with Crippen LogP contribution in [0.15, 0.2) is 61.2 Å². The maximum Gasteiger partial charge on any atom is 0.247 e. The van der Waals surface area contributed by atoms with Crippen molar-refractivity contribution in [2.24, 2.45) is 0 Å². The van der Waals surface area contributed by atoms with E-state index in [1.54, 1.807) is 22.0 Å². The van der Waals surface area contributed by atoms with Crippen LogP contribution in [0.3, 0.4) is 0 Å². The van der Waals surface area contributed by atoms with Gasteiger partial charge in [-0.3, -0.25) is 9.48 Å². The van der Waals surface area contributed by atoms with Gasteiger partial charge in [0.05, 0.1) is 5.69 Å². The molecule has 24 heavy (non-hydrogen) atoms. The molecule has 1 aromatic carbocycles.